The molecular weight excluding hydrogens is 314 g/mol. The average Bonchev–Trinajstić information content (AvgIpc) is 2.61. The number of carbonyl (C=O) groups excluding carboxylic acids is 1. The number of benzene rings is 1. The fraction of sp³-hybridized carbons (Fsp3) is 0.500. The molecule has 0 radical (unpaired) electrons. The predicted octanol–water partition coefficient (Wildman–Crippen LogP) is 3.87. The smallest absolute Gasteiger partial charge is 0.255 e. The Morgan fingerprint density at radius 1 is 1.22 bits per heavy atom. The number of hydrogen-bond donors (Lipinski definition) is 0. The lowest BCUT2D eigenvalue weighted by Gasteiger charge is -2.37. The molecule has 2 heterocycles. The topological polar surface area (TPSA) is 20.3 Å². The Bertz CT molecular complexity index is 465. The van der Waals surface area contributed by atoms with Crippen molar-refractivity contribution >= 4 is 33.4 Å². The average molecular weight is 329 g/mol. The number of fused-ring (bicyclic) bond motifs is 2. The number of hydrogen-bond acceptors (Lipinski definition) is 1. The first-order chi connectivity index (χ1) is 8.66. The van der Waals surface area contributed by atoms with E-state index in [2.05, 4.69) is 20.8 Å². The predicted molar refractivity (Wildman–Crippen MR) is 76.4 cm³/mol. The van der Waals surface area contributed by atoms with Gasteiger partial charge in [-0.2, -0.15) is 0 Å². The first-order valence-electron chi connectivity index (χ1n) is 6.38. The van der Waals surface area contributed by atoms with Crippen LogP contribution in [0, 0.1) is 0 Å². The summed E-state index contributed by atoms with van der Waals surface area (Å²) in [4.78, 5) is 15.2. The highest BCUT2D eigenvalue weighted by molar-refractivity contribution is 9.09. The number of halogens is 2. The highest BCUT2D eigenvalue weighted by Crippen LogP contribution is 2.39. The molecule has 2 bridgehead atoms. The first-order valence-corrected chi connectivity index (χ1v) is 7.67. The third kappa shape index (κ3) is 2.08. The minimum Gasteiger partial charge on any atom is -0.333 e. The maximum Gasteiger partial charge on any atom is 0.255 e. The number of carbonyl (C=O) groups is 1. The zero-order chi connectivity index (χ0) is 12.7. The van der Waals surface area contributed by atoms with Gasteiger partial charge < -0.3 is 4.90 Å². The van der Waals surface area contributed by atoms with Crippen LogP contribution >= 0.6 is 27.5 Å². The molecule has 1 amide bonds. The normalized spacial score (nSPS) is 30.6. The van der Waals surface area contributed by atoms with E-state index in [0.29, 0.717) is 27.5 Å². The number of nitrogens with zero attached hydrogens (tertiary/aromatic N) is 1. The lowest BCUT2D eigenvalue weighted by Crippen LogP contribution is -2.46. The van der Waals surface area contributed by atoms with E-state index < -0.39 is 0 Å². The van der Waals surface area contributed by atoms with Crippen molar-refractivity contribution in [2.24, 2.45) is 0 Å². The molecule has 96 valence electrons. The molecule has 18 heavy (non-hydrogen) atoms. The molecule has 2 aliphatic rings. The molecule has 0 aliphatic carbocycles. The lowest BCUT2D eigenvalue weighted by molar-refractivity contribution is 0.0603. The number of piperidine rings is 1. The molecule has 1 aromatic carbocycles. The third-order valence-electron chi connectivity index (χ3n) is 4.01. The zero-order valence-electron chi connectivity index (χ0n) is 9.98. The second-order valence-electron chi connectivity index (χ2n) is 5.15. The fourth-order valence-corrected chi connectivity index (χ4v) is 4.30. The summed E-state index contributed by atoms with van der Waals surface area (Å²) < 4.78 is 0. The fourth-order valence-electron chi connectivity index (χ4n) is 3.22. The largest absolute Gasteiger partial charge is 0.333 e. The Balaban J connectivity index is 1.88. The maximum atomic E-state index is 12.6. The van der Waals surface area contributed by atoms with Gasteiger partial charge in [0, 0.05) is 16.9 Å². The Morgan fingerprint density at radius 2 is 1.83 bits per heavy atom. The van der Waals surface area contributed by atoms with E-state index in [-0.39, 0.29) is 5.91 Å². The summed E-state index contributed by atoms with van der Waals surface area (Å²) in [7, 11) is 0. The second-order valence-corrected chi connectivity index (χ2v) is 6.85. The van der Waals surface area contributed by atoms with Crippen molar-refractivity contribution in [1.82, 2.24) is 4.90 Å². The Morgan fingerprint density at radius 3 is 2.44 bits per heavy atom. The van der Waals surface area contributed by atoms with Gasteiger partial charge in [0.2, 0.25) is 0 Å². The van der Waals surface area contributed by atoms with Crippen molar-refractivity contribution in [3.8, 4) is 0 Å². The quantitative estimate of drug-likeness (QED) is 0.717. The first kappa shape index (κ1) is 12.5. The van der Waals surface area contributed by atoms with Crippen molar-refractivity contribution in [3.63, 3.8) is 0 Å². The van der Waals surface area contributed by atoms with E-state index in [1.165, 1.54) is 0 Å². The van der Waals surface area contributed by atoms with Crippen molar-refractivity contribution in [1.29, 1.82) is 0 Å². The van der Waals surface area contributed by atoms with E-state index in [1.807, 2.05) is 18.2 Å². The summed E-state index contributed by atoms with van der Waals surface area (Å²) in [5.74, 6) is 0.104. The number of amides is 1. The van der Waals surface area contributed by atoms with Gasteiger partial charge in [0.05, 0.1) is 10.6 Å². The highest BCUT2D eigenvalue weighted by atomic mass is 79.9. The molecule has 2 atom stereocenters. The van der Waals surface area contributed by atoms with Gasteiger partial charge in [0.1, 0.15) is 0 Å². The van der Waals surface area contributed by atoms with Gasteiger partial charge in [-0.3, -0.25) is 4.79 Å². The lowest BCUT2D eigenvalue weighted by atomic mass is 10.0. The molecular formula is C14H15BrClNO. The Kier molecular flexibility index (Phi) is 3.37. The highest BCUT2D eigenvalue weighted by Gasteiger charge is 2.42. The number of alkyl halides is 1. The van der Waals surface area contributed by atoms with Crippen LogP contribution in [0.15, 0.2) is 24.3 Å². The summed E-state index contributed by atoms with van der Waals surface area (Å²) in [5.41, 5.74) is 0.643. The SMILES string of the molecule is O=C(c1ccccc1Cl)N1C2CCC1CC(Br)C2. The Hall–Kier alpha value is -0.540. The van der Waals surface area contributed by atoms with Crippen LogP contribution in [0.25, 0.3) is 0 Å². The van der Waals surface area contributed by atoms with E-state index in [0.717, 1.165) is 25.7 Å². The van der Waals surface area contributed by atoms with Gasteiger partial charge in [-0.15, -0.1) is 0 Å². The molecule has 2 nitrogen and oxygen atoms in total. The monoisotopic (exact) mass is 327 g/mol. The van der Waals surface area contributed by atoms with Gasteiger partial charge in [-0.25, -0.2) is 0 Å². The van der Waals surface area contributed by atoms with Crippen molar-refractivity contribution in [2.45, 2.75) is 42.6 Å². The van der Waals surface area contributed by atoms with E-state index in [1.54, 1.807) is 6.07 Å². The molecule has 2 unspecified atom stereocenters. The van der Waals surface area contributed by atoms with Crippen molar-refractivity contribution in [2.75, 3.05) is 0 Å². The van der Waals surface area contributed by atoms with Crippen LogP contribution in [0.3, 0.4) is 0 Å². The van der Waals surface area contributed by atoms with Crippen molar-refractivity contribution < 1.29 is 4.79 Å². The van der Waals surface area contributed by atoms with Crippen LogP contribution in [-0.2, 0) is 0 Å². The molecule has 3 rings (SSSR count). The Labute approximate surface area is 120 Å². The minimum absolute atomic E-state index is 0.104. The molecule has 0 N–H and O–H groups in total. The molecule has 2 saturated heterocycles. The molecule has 2 fully saturated rings. The number of rotatable bonds is 1. The molecule has 4 heteroatoms. The van der Waals surface area contributed by atoms with Gasteiger partial charge in [0.25, 0.3) is 5.91 Å². The summed E-state index contributed by atoms with van der Waals surface area (Å²) >= 11 is 9.82. The molecule has 0 aromatic heterocycles. The molecule has 0 saturated carbocycles. The standard InChI is InChI=1S/C14H15BrClNO/c15-9-7-10-5-6-11(8-9)17(10)14(18)12-3-1-2-4-13(12)16/h1-4,9-11H,5-8H2. The van der Waals surface area contributed by atoms with E-state index >= 15 is 0 Å². The van der Waals surface area contributed by atoms with Crippen LogP contribution < -0.4 is 0 Å². The summed E-state index contributed by atoms with van der Waals surface area (Å²) in [5, 5.41) is 0.558. The third-order valence-corrected chi connectivity index (χ3v) is 5.09. The van der Waals surface area contributed by atoms with Crippen LogP contribution in [0.5, 0.6) is 0 Å². The zero-order valence-corrected chi connectivity index (χ0v) is 12.3. The van der Waals surface area contributed by atoms with Gasteiger partial charge in [0.15, 0.2) is 0 Å². The summed E-state index contributed by atoms with van der Waals surface area (Å²) in [6.07, 6.45) is 4.38. The molecule has 2 aliphatic heterocycles. The van der Waals surface area contributed by atoms with Gasteiger partial charge >= 0.3 is 0 Å². The van der Waals surface area contributed by atoms with Crippen LogP contribution in [0.2, 0.25) is 5.02 Å². The van der Waals surface area contributed by atoms with E-state index in [4.69, 9.17) is 11.6 Å². The molecule has 1 aromatic rings. The molecule has 0 spiro atoms. The minimum atomic E-state index is 0.104. The summed E-state index contributed by atoms with van der Waals surface area (Å²) in [6.45, 7) is 0. The second kappa shape index (κ2) is 4.86. The van der Waals surface area contributed by atoms with Crippen molar-refractivity contribution in [3.05, 3.63) is 34.9 Å². The van der Waals surface area contributed by atoms with Crippen LogP contribution in [-0.4, -0.2) is 27.7 Å². The van der Waals surface area contributed by atoms with E-state index in [9.17, 15) is 4.79 Å². The van der Waals surface area contributed by atoms with Crippen LogP contribution in [0.4, 0.5) is 0 Å². The van der Waals surface area contributed by atoms with Gasteiger partial charge in [-0.05, 0) is 37.8 Å². The van der Waals surface area contributed by atoms with Crippen LogP contribution in [0.1, 0.15) is 36.0 Å². The summed E-state index contributed by atoms with van der Waals surface area (Å²) in [6, 6.07) is 8.11. The maximum absolute atomic E-state index is 12.6. The van der Waals surface area contributed by atoms with Gasteiger partial charge in [-0.1, -0.05) is 39.7 Å².